The molecular formula is C31H35N7O2. The number of benzene rings is 1. The van der Waals surface area contributed by atoms with Crippen LogP contribution in [0.15, 0.2) is 48.7 Å². The van der Waals surface area contributed by atoms with Crippen molar-refractivity contribution in [2.75, 3.05) is 48.3 Å². The number of piperazine rings is 1. The van der Waals surface area contributed by atoms with Gasteiger partial charge >= 0.3 is 0 Å². The number of aromatic hydroxyl groups is 1. The fourth-order valence-corrected chi connectivity index (χ4v) is 7.06. The minimum Gasteiger partial charge on any atom is -0.507 e. The number of nitrogens with zero attached hydrogens (tertiary/aromatic N) is 6. The number of anilines is 3. The van der Waals surface area contributed by atoms with Crippen molar-refractivity contribution in [2.45, 2.75) is 56.3 Å². The zero-order chi connectivity index (χ0) is 27.1. The number of nitrogen functional groups attached to an aromatic ring is 1. The van der Waals surface area contributed by atoms with Crippen LogP contribution in [0.2, 0.25) is 0 Å². The molecule has 9 heteroatoms. The monoisotopic (exact) mass is 537 g/mol. The highest BCUT2D eigenvalue weighted by atomic mass is 16.5. The molecule has 3 aromatic rings. The van der Waals surface area contributed by atoms with E-state index < -0.39 is 0 Å². The predicted octanol–water partition coefficient (Wildman–Crippen LogP) is 3.29. The lowest BCUT2D eigenvalue weighted by Gasteiger charge is -2.43. The molecule has 1 aromatic carbocycles. The normalized spacial score (nSPS) is 25.9. The van der Waals surface area contributed by atoms with Crippen LogP contribution < -0.4 is 15.5 Å². The van der Waals surface area contributed by atoms with Gasteiger partial charge in [0.2, 0.25) is 0 Å². The molecule has 206 valence electrons. The highest BCUT2D eigenvalue weighted by Crippen LogP contribution is 2.39. The summed E-state index contributed by atoms with van der Waals surface area (Å²) >= 11 is 0. The first-order valence-corrected chi connectivity index (χ1v) is 14.4. The quantitative estimate of drug-likeness (QED) is 0.485. The minimum absolute atomic E-state index is 0.182. The lowest BCUT2D eigenvalue weighted by atomic mass is 9.99. The maximum Gasteiger partial charge on any atom is 0.169 e. The van der Waals surface area contributed by atoms with Gasteiger partial charge < -0.3 is 25.4 Å². The number of ether oxygens (including phenoxy) is 1. The summed E-state index contributed by atoms with van der Waals surface area (Å²) in [5, 5.41) is 18.8. The second kappa shape index (κ2) is 10.6. The first-order chi connectivity index (χ1) is 19.6. The summed E-state index contributed by atoms with van der Waals surface area (Å²) in [6, 6.07) is 14.6. The predicted molar refractivity (Wildman–Crippen MR) is 155 cm³/mol. The Bertz CT molecular complexity index is 1440. The molecule has 7 rings (SSSR count). The molecule has 6 heterocycles. The van der Waals surface area contributed by atoms with Crippen molar-refractivity contribution in [1.29, 1.82) is 0 Å². The molecule has 0 aliphatic carbocycles. The number of pyridine rings is 1. The van der Waals surface area contributed by atoms with E-state index in [1.54, 1.807) is 12.1 Å². The molecular weight excluding hydrogens is 502 g/mol. The number of rotatable bonds is 4. The molecule has 4 aliphatic rings. The van der Waals surface area contributed by atoms with Crippen molar-refractivity contribution in [3.05, 3.63) is 54.4 Å². The lowest BCUT2D eigenvalue weighted by Crippen LogP contribution is -2.54. The number of hydrogen-bond donors (Lipinski definition) is 2. The van der Waals surface area contributed by atoms with E-state index in [2.05, 4.69) is 53.9 Å². The fraction of sp³-hybridized carbons (Fsp3) is 0.452. The van der Waals surface area contributed by atoms with Crippen molar-refractivity contribution >= 4 is 17.2 Å². The fourth-order valence-electron chi connectivity index (χ4n) is 7.06. The van der Waals surface area contributed by atoms with Crippen molar-refractivity contribution in [1.82, 2.24) is 20.1 Å². The second-order valence-electron chi connectivity index (χ2n) is 11.3. The average molecular weight is 538 g/mol. The van der Waals surface area contributed by atoms with Crippen LogP contribution in [0, 0.1) is 11.8 Å². The summed E-state index contributed by atoms with van der Waals surface area (Å²) in [5.74, 6) is 7.33. The number of aromatic nitrogens is 3. The van der Waals surface area contributed by atoms with E-state index in [9.17, 15) is 5.11 Å². The molecule has 2 unspecified atom stereocenters. The molecule has 2 aromatic heterocycles. The third-order valence-corrected chi connectivity index (χ3v) is 8.92. The Morgan fingerprint density at radius 1 is 1.02 bits per heavy atom. The number of nitrogens with two attached hydrogens (primary N) is 1. The van der Waals surface area contributed by atoms with Gasteiger partial charge in [-0.2, -0.15) is 0 Å². The molecule has 4 atom stereocenters. The van der Waals surface area contributed by atoms with Gasteiger partial charge in [0, 0.05) is 55.3 Å². The minimum atomic E-state index is 0.182. The van der Waals surface area contributed by atoms with E-state index in [4.69, 9.17) is 10.5 Å². The van der Waals surface area contributed by atoms with Crippen LogP contribution >= 0.6 is 0 Å². The maximum absolute atomic E-state index is 10.3. The van der Waals surface area contributed by atoms with Crippen molar-refractivity contribution in [3.8, 4) is 28.8 Å². The van der Waals surface area contributed by atoms with Gasteiger partial charge in [0.15, 0.2) is 5.82 Å². The first kappa shape index (κ1) is 25.1. The topological polar surface area (TPSA) is 104 Å². The zero-order valence-corrected chi connectivity index (χ0v) is 22.6. The average Bonchev–Trinajstić information content (AvgIpc) is 3.56. The molecule has 2 bridgehead atoms. The molecule has 4 saturated heterocycles. The van der Waals surface area contributed by atoms with Gasteiger partial charge in [0.05, 0.1) is 24.0 Å². The van der Waals surface area contributed by atoms with Crippen LogP contribution in [-0.2, 0) is 4.74 Å². The number of hydrogen-bond acceptors (Lipinski definition) is 9. The molecule has 0 saturated carbocycles. The molecule has 4 fully saturated rings. The van der Waals surface area contributed by atoms with Crippen LogP contribution in [0.4, 0.5) is 17.2 Å². The van der Waals surface area contributed by atoms with Crippen LogP contribution in [-0.4, -0.2) is 82.2 Å². The third kappa shape index (κ3) is 4.72. The highest BCUT2D eigenvalue weighted by Gasteiger charge is 2.41. The summed E-state index contributed by atoms with van der Waals surface area (Å²) in [7, 11) is 0. The van der Waals surface area contributed by atoms with Crippen molar-refractivity contribution in [3.63, 3.8) is 0 Å². The molecule has 0 amide bonds. The van der Waals surface area contributed by atoms with Crippen molar-refractivity contribution in [2.24, 2.45) is 0 Å². The van der Waals surface area contributed by atoms with E-state index in [-0.39, 0.29) is 5.75 Å². The number of likely N-dealkylation sites (tertiary alicyclic amines) is 1. The molecule has 0 radical (unpaired) electrons. The highest BCUT2D eigenvalue weighted by molar-refractivity contribution is 5.74. The Morgan fingerprint density at radius 3 is 2.73 bits per heavy atom. The summed E-state index contributed by atoms with van der Waals surface area (Å²) in [5.41, 5.74) is 10.5. The number of para-hydroxylation sites is 1. The van der Waals surface area contributed by atoms with E-state index in [1.165, 1.54) is 18.5 Å². The van der Waals surface area contributed by atoms with E-state index >= 15 is 0 Å². The Hall–Kier alpha value is -3.87. The zero-order valence-electron chi connectivity index (χ0n) is 22.6. The maximum atomic E-state index is 10.3. The van der Waals surface area contributed by atoms with Gasteiger partial charge in [-0.05, 0) is 74.9 Å². The Morgan fingerprint density at radius 2 is 1.88 bits per heavy atom. The second-order valence-corrected chi connectivity index (χ2v) is 11.3. The molecule has 0 spiro atoms. The number of fused-ring (bicyclic) bond motifs is 3. The van der Waals surface area contributed by atoms with Crippen LogP contribution in [0.3, 0.4) is 0 Å². The van der Waals surface area contributed by atoms with Gasteiger partial charge in [0.1, 0.15) is 11.4 Å². The Kier molecular flexibility index (Phi) is 6.66. The van der Waals surface area contributed by atoms with Crippen LogP contribution in [0.5, 0.6) is 5.75 Å². The van der Waals surface area contributed by atoms with Crippen molar-refractivity contribution < 1.29 is 9.84 Å². The smallest absolute Gasteiger partial charge is 0.169 e. The largest absolute Gasteiger partial charge is 0.507 e. The first-order valence-electron chi connectivity index (χ1n) is 14.4. The van der Waals surface area contributed by atoms with E-state index in [0.717, 1.165) is 63.4 Å². The molecule has 4 aliphatic heterocycles. The van der Waals surface area contributed by atoms with Crippen LogP contribution in [0.25, 0.3) is 11.3 Å². The Labute approximate surface area is 235 Å². The van der Waals surface area contributed by atoms with Gasteiger partial charge in [-0.15, -0.1) is 10.2 Å². The number of phenols is 1. The lowest BCUT2D eigenvalue weighted by molar-refractivity contribution is 0.0323. The van der Waals surface area contributed by atoms with Gasteiger partial charge in [0.25, 0.3) is 0 Å². The summed E-state index contributed by atoms with van der Waals surface area (Å²) in [6.07, 6.45) is 7.99. The molecule has 3 N–H and O–H groups in total. The van der Waals surface area contributed by atoms with Crippen LogP contribution in [0.1, 0.15) is 37.8 Å². The summed E-state index contributed by atoms with van der Waals surface area (Å²) < 4.78 is 5.90. The SMILES string of the molecule is Nc1nnc(-c2ccccc2O)cc1N1CC2CCC(C1)N2c1ccnc(C#CCN2CCC[C@@H]3OCC[C@@H]32)c1. The number of phenolic OH excluding ortho intramolecular Hbond substituents is 1. The molecule has 9 nitrogen and oxygen atoms in total. The van der Waals surface area contributed by atoms with Gasteiger partial charge in [-0.1, -0.05) is 18.1 Å². The Balaban J connectivity index is 1.06. The molecule has 40 heavy (non-hydrogen) atoms. The van der Waals surface area contributed by atoms with Gasteiger partial charge in [-0.25, -0.2) is 4.98 Å². The van der Waals surface area contributed by atoms with E-state index in [1.807, 2.05) is 24.4 Å². The summed E-state index contributed by atoms with van der Waals surface area (Å²) in [6.45, 7) is 4.43. The van der Waals surface area contributed by atoms with E-state index in [0.29, 0.717) is 41.3 Å². The third-order valence-electron chi connectivity index (χ3n) is 8.92. The van der Waals surface area contributed by atoms with Gasteiger partial charge in [-0.3, -0.25) is 4.90 Å². The summed E-state index contributed by atoms with van der Waals surface area (Å²) in [4.78, 5) is 11.9. The standard InChI is InChI=1S/C31H35N7O2/c32-31-28(18-26(34-35-31)25-6-1-2-7-29(25)39)37-19-23-9-10-24(20-37)38(23)22-11-13-33-21(17-22)5-3-14-36-15-4-8-30-27(36)12-16-40-30/h1-2,6-7,11,13,17-18,23-24,27,30,39H,4,8-10,12,14-16,19-20H2,(H2,32,35)/t23?,24?,27-,30-/m0/s1. The number of piperidine rings is 1.